The lowest BCUT2D eigenvalue weighted by atomic mass is 10.1. The maximum Gasteiger partial charge on any atom is 0.123 e. The minimum atomic E-state index is 0.268. The van der Waals surface area contributed by atoms with Crippen LogP contribution in [0.4, 0.5) is 0 Å². The van der Waals surface area contributed by atoms with E-state index in [2.05, 4.69) is 22.0 Å². The SMILES string of the molecule is N#Cc1ccc(Br)cc1Sc1ccc(O)c2ccccc12. The molecular weight excluding hydrogens is 346 g/mol. The Morgan fingerprint density at radius 3 is 2.48 bits per heavy atom. The molecule has 21 heavy (non-hydrogen) atoms. The van der Waals surface area contributed by atoms with E-state index >= 15 is 0 Å². The Bertz CT molecular complexity index is 870. The second-order valence-corrected chi connectivity index (χ2v) is 6.48. The van der Waals surface area contributed by atoms with Gasteiger partial charge in [-0.1, -0.05) is 52.0 Å². The van der Waals surface area contributed by atoms with Gasteiger partial charge in [0, 0.05) is 19.6 Å². The number of rotatable bonds is 2. The number of fused-ring (bicyclic) bond motifs is 1. The van der Waals surface area contributed by atoms with Crippen LogP contribution in [-0.2, 0) is 0 Å². The van der Waals surface area contributed by atoms with Crippen LogP contribution in [0.15, 0.2) is 68.9 Å². The predicted molar refractivity (Wildman–Crippen MR) is 88.6 cm³/mol. The molecule has 0 spiro atoms. The van der Waals surface area contributed by atoms with Crippen molar-refractivity contribution in [3.63, 3.8) is 0 Å². The molecule has 0 unspecified atom stereocenters. The Kier molecular flexibility index (Phi) is 3.87. The van der Waals surface area contributed by atoms with E-state index in [0.717, 1.165) is 25.0 Å². The first kappa shape index (κ1) is 14.0. The summed E-state index contributed by atoms with van der Waals surface area (Å²) in [4.78, 5) is 1.90. The summed E-state index contributed by atoms with van der Waals surface area (Å²) < 4.78 is 0.937. The third kappa shape index (κ3) is 2.76. The van der Waals surface area contributed by atoms with Gasteiger partial charge in [-0.25, -0.2) is 0 Å². The van der Waals surface area contributed by atoms with Crippen molar-refractivity contribution in [3.8, 4) is 11.8 Å². The van der Waals surface area contributed by atoms with Crippen LogP contribution < -0.4 is 0 Å². The van der Waals surface area contributed by atoms with Crippen LogP contribution in [0.1, 0.15) is 5.56 Å². The highest BCUT2D eigenvalue weighted by molar-refractivity contribution is 9.10. The van der Waals surface area contributed by atoms with Crippen LogP contribution in [0.25, 0.3) is 10.8 Å². The number of hydrogen-bond donors (Lipinski definition) is 1. The van der Waals surface area contributed by atoms with Crippen molar-refractivity contribution in [1.29, 1.82) is 5.26 Å². The van der Waals surface area contributed by atoms with Crippen molar-refractivity contribution in [2.75, 3.05) is 0 Å². The number of benzene rings is 3. The van der Waals surface area contributed by atoms with Crippen LogP contribution in [0.5, 0.6) is 5.75 Å². The zero-order valence-electron chi connectivity index (χ0n) is 10.9. The van der Waals surface area contributed by atoms with E-state index in [9.17, 15) is 10.4 Å². The Morgan fingerprint density at radius 1 is 0.952 bits per heavy atom. The Hall–Kier alpha value is -1.96. The fraction of sp³-hybridized carbons (Fsp3) is 0. The molecule has 0 saturated heterocycles. The molecular formula is C17H10BrNOS. The normalized spacial score (nSPS) is 10.5. The molecule has 0 fully saturated rings. The average Bonchev–Trinajstić information content (AvgIpc) is 2.51. The molecule has 2 nitrogen and oxygen atoms in total. The van der Waals surface area contributed by atoms with Crippen LogP contribution in [0.3, 0.4) is 0 Å². The number of aromatic hydroxyl groups is 1. The first-order valence-corrected chi connectivity index (χ1v) is 7.88. The van der Waals surface area contributed by atoms with E-state index in [1.54, 1.807) is 12.1 Å². The molecule has 4 heteroatoms. The fourth-order valence-corrected chi connectivity index (χ4v) is 3.72. The second-order valence-electron chi connectivity index (χ2n) is 4.48. The maximum atomic E-state index is 9.94. The molecule has 3 rings (SSSR count). The van der Waals surface area contributed by atoms with Crippen molar-refractivity contribution < 1.29 is 5.11 Å². The number of nitriles is 1. The molecule has 3 aromatic carbocycles. The standard InChI is InChI=1S/C17H10BrNOS/c18-12-6-5-11(10-19)17(9-12)21-16-8-7-15(20)13-3-1-2-4-14(13)16/h1-9,20H. The summed E-state index contributed by atoms with van der Waals surface area (Å²) in [7, 11) is 0. The average molecular weight is 356 g/mol. The van der Waals surface area contributed by atoms with Gasteiger partial charge in [0.05, 0.1) is 5.56 Å². The summed E-state index contributed by atoms with van der Waals surface area (Å²) >= 11 is 4.97. The third-order valence-electron chi connectivity index (χ3n) is 3.15. The molecule has 0 aliphatic carbocycles. The summed E-state index contributed by atoms with van der Waals surface area (Å²) in [5, 5.41) is 21.0. The predicted octanol–water partition coefficient (Wildman–Crippen LogP) is 5.33. The van der Waals surface area contributed by atoms with E-state index in [1.807, 2.05) is 42.5 Å². The molecule has 0 aromatic heterocycles. The van der Waals surface area contributed by atoms with Crippen molar-refractivity contribution in [3.05, 3.63) is 64.6 Å². The molecule has 102 valence electrons. The van der Waals surface area contributed by atoms with Gasteiger partial charge in [-0.2, -0.15) is 5.26 Å². The van der Waals surface area contributed by atoms with Crippen molar-refractivity contribution in [2.45, 2.75) is 9.79 Å². The van der Waals surface area contributed by atoms with Gasteiger partial charge in [-0.3, -0.25) is 0 Å². The van der Waals surface area contributed by atoms with E-state index in [4.69, 9.17) is 0 Å². The molecule has 0 saturated carbocycles. The van der Waals surface area contributed by atoms with Gasteiger partial charge < -0.3 is 5.11 Å². The van der Waals surface area contributed by atoms with Crippen LogP contribution in [0, 0.1) is 11.3 Å². The Balaban J connectivity index is 2.13. The van der Waals surface area contributed by atoms with Crippen molar-refractivity contribution >= 4 is 38.5 Å². The molecule has 0 atom stereocenters. The molecule has 0 radical (unpaired) electrons. The number of phenols is 1. The van der Waals surface area contributed by atoms with Gasteiger partial charge in [-0.05, 0) is 35.7 Å². The van der Waals surface area contributed by atoms with Crippen LogP contribution in [-0.4, -0.2) is 5.11 Å². The van der Waals surface area contributed by atoms with E-state index < -0.39 is 0 Å². The number of hydrogen-bond acceptors (Lipinski definition) is 3. The Labute approximate surface area is 135 Å². The maximum absolute atomic E-state index is 9.94. The highest BCUT2D eigenvalue weighted by Crippen LogP contribution is 2.38. The minimum absolute atomic E-state index is 0.268. The smallest absolute Gasteiger partial charge is 0.123 e. The summed E-state index contributed by atoms with van der Waals surface area (Å²) in [6, 6.07) is 19.1. The fourth-order valence-electron chi connectivity index (χ4n) is 2.14. The van der Waals surface area contributed by atoms with Gasteiger partial charge in [0.25, 0.3) is 0 Å². The summed E-state index contributed by atoms with van der Waals surface area (Å²) in [6.45, 7) is 0. The Morgan fingerprint density at radius 2 is 1.71 bits per heavy atom. The number of phenolic OH excluding ortho intramolecular Hbond substituents is 1. The molecule has 1 N–H and O–H groups in total. The van der Waals surface area contributed by atoms with Gasteiger partial charge in [0.15, 0.2) is 0 Å². The molecule has 0 aliphatic rings. The lowest BCUT2D eigenvalue weighted by molar-refractivity contribution is 0.481. The molecule has 0 amide bonds. The number of nitrogens with zero attached hydrogens (tertiary/aromatic N) is 1. The topological polar surface area (TPSA) is 44.0 Å². The monoisotopic (exact) mass is 355 g/mol. The molecule has 3 aromatic rings. The largest absolute Gasteiger partial charge is 0.507 e. The zero-order chi connectivity index (χ0) is 14.8. The van der Waals surface area contributed by atoms with Crippen molar-refractivity contribution in [2.24, 2.45) is 0 Å². The number of halogens is 1. The first-order chi connectivity index (χ1) is 10.2. The summed E-state index contributed by atoms with van der Waals surface area (Å²) in [5.41, 5.74) is 0.639. The highest BCUT2D eigenvalue weighted by Gasteiger charge is 2.09. The third-order valence-corrected chi connectivity index (χ3v) is 4.77. The van der Waals surface area contributed by atoms with E-state index in [0.29, 0.717) is 5.56 Å². The lowest BCUT2D eigenvalue weighted by Gasteiger charge is -2.09. The van der Waals surface area contributed by atoms with Gasteiger partial charge in [0.2, 0.25) is 0 Å². The van der Waals surface area contributed by atoms with Gasteiger partial charge in [-0.15, -0.1) is 0 Å². The summed E-state index contributed by atoms with van der Waals surface area (Å²) in [5.74, 6) is 0.268. The van der Waals surface area contributed by atoms with E-state index in [-0.39, 0.29) is 5.75 Å². The van der Waals surface area contributed by atoms with Crippen molar-refractivity contribution in [1.82, 2.24) is 0 Å². The minimum Gasteiger partial charge on any atom is -0.507 e. The highest BCUT2D eigenvalue weighted by atomic mass is 79.9. The van der Waals surface area contributed by atoms with Crippen LogP contribution >= 0.6 is 27.7 Å². The quantitative estimate of drug-likeness (QED) is 0.675. The van der Waals surface area contributed by atoms with E-state index in [1.165, 1.54) is 11.8 Å². The van der Waals surface area contributed by atoms with Gasteiger partial charge >= 0.3 is 0 Å². The molecule has 0 heterocycles. The zero-order valence-corrected chi connectivity index (χ0v) is 13.3. The lowest BCUT2D eigenvalue weighted by Crippen LogP contribution is -1.83. The second kappa shape index (κ2) is 5.80. The molecule has 0 bridgehead atoms. The van der Waals surface area contributed by atoms with Gasteiger partial charge in [0.1, 0.15) is 11.8 Å². The summed E-state index contributed by atoms with van der Waals surface area (Å²) in [6.07, 6.45) is 0. The van der Waals surface area contributed by atoms with Crippen LogP contribution in [0.2, 0.25) is 0 Å². The molecule has 0 aliphatic heterocycles. The first-order valence-electron chi connectivity index (χ1n) is 6.27.